The lowest BCUT2D eigenvalue weighted by Gasteiger charge is -2.18. The minimum atomic E-state index is -0.367. The van der Waals surface area contributed by atoms with Crippen molar-refractivity contribution in [2.45, 2.75) is 39.2 Å². The van der Waals surface area contributed by atoms with Gasteiger partial charge in [-0.25, -0.2) is 0 Å². The molecule has 0 aliphatic rings. The van der Waals surface area contributed by atoms with E-state index < -0.39 is 0 Å². The Morgan fingerprint density at radius 3 is 2.56 bits per heavy atom. The standard InChI is InChI=1S/C28H30N2O2/c1-18(2)20-7-6-8-21(13-20)22-12-11-19(3)26(15-22)28(32)30-24(17-31)14-23-16-29-27-10-5-4-9-25(23)27/h4-13,15-16,18,24,29,31H,14,17H2,1-3H3,(H,30,32)/t24-/m1/s1. The van der Waals surface area contributed by atoms with Crippen molar-refractivity contribution in [3.05, 3.63) is 95.2 Å². The summed E-state index contributed by atoms with van der Waals surface area (Å²) in [5, 5.41) is 14.1. The molecule has 1 aromatic heterocycles. The Bertz CT molecular complexity index is 1240. The van der Waals surface area contributed by atoms with Crippen LogP contribution in [0.3, 0.4) is 0 Å². The Labute approximate surface area is 189 Å². The number of aromatic nitrogens is 1. The molecular weight excluding hydrogens is 396 g/mol. The van der Waals surface area contributed by atoms with Gasteiger partial charge in [-0.2, -0.15) is 0 Å². The van der Waals surface area contributed by atoms with Crippen LogP contribution >= 0.6 is 0 Å². The second-order valence-electron chi connectivity index (χ2n) is 8.73. The first kappa shape index (κ1) is 21.8. The van der Waals surface area contributed by atoms with Crippen LogP contribution in [0.15, 0.2) is 72.9 Å². The summed E-state index contributed by atoms with van der Waals surface area (Å²) in [6.07, 6.45) is 2.51. The molecule has 0 saturated carbocycles. The molecule has 0 saturated heterocycles. The maximum atomic E-state index is 13.2. The molecule has 0 aliphatic heterocycles. The summed E-state index contributed by atoms with van der Waals surface area (Å²) in [7, 11) is 0. The monoisotopic (exact) mass is 426 g/mol. The number of nitrogens with one attached hydrogen (secondary N) is 2. The van der Waals surface area contributed by atoms with E-state index in [1.54, 1.807) is 0 Å². The summed E-state index contributed by atoms with van der Waals surface area (Å²) >= 11 is 0. The minimum absolute atomic E-state index is 0.125. The van der Waals surface area contributed by atoms with Crippen LogP contribution in [0.25, 0.3) is 22.0 Å². The van der Waals surface area contributed by atoms with Crippen molar-refractivity contribution in [2.75, 3.05) is 6.61 Å². The fourth-order valence-corrected chi connectivity index (χ4v) is 4.11. The first-order valence-corrected chi connectivity index (χ1v) is 11.1. The summed E-state index contributed by atoms with van der Waals surface area (Å²) in [4.78, 5) is 16.4. The number of benzene rings is 3. The highest BCUT2D eigenvalue weighted by Gasteiger charge is 2.18. The molecule has 4 aromatic rings. The maximum Gasteiger partial charge on any atom is 0.251 e. The van der Waals surface area contributed by atoms with Crippen molar-refractivity contribution in [3.8, 4) is 11.1 Å². The van der Waals surface area contributed by atoms with Crippen LogP contribution in [0.5, 0.6) is 0 Å². The predicted octanol–water partition coefficient (Wildman–Crippen LogP) is 5.60. The Hall–Kier alpha value is -3.37. The largest absolute Gasteiger partial charge is 0.394 e. The number of fused-ring (bicyclic) bond motifs is 1. The maximum absolute atomic E-state index is 13.2. The van der Waals surface area contributed by atoms with E-state index in [0.29, 0.717) is 17.9 Å². The number of carbonyl (C=O) groups is 1. The van der Waals surface area contributed by atoms with E-state index in [4.69, 9.17) is 0 Å². The number of para-hydroxylation sites is 1. The van der Waals surface area contributed by atoms with E-state index in [2.05, 4.69) is 60.5 Å². The Balaban J connectivity index is 1.55. The number of amides is 1. The van der Waals surface area contributed by atoms with E-state index in [1.165, 1.54) is 5.56 Å². The van der Waals surface area contributed by atoms with Gasteiger partial charge in [-0.05, 0) is 59.2 Å². The fourth-order valence-electron chi connectivity index (χ4n) is 4.11. The number of aromatic amines is 1. The number of hydrogen-bond donors (Lipinski definition) is 3. The third kappa shape index (κ3) is 4.61. The van der Waals surface area contributed by atoms with Gasteiger partial charge in [0.05, 0.1) is 12.6 Å². The quantitative estimate of drug-likeness (QED) is 0.360. The number of hydrogen-bond acceptors (Lipinski definition) is 2. The van der Waals surface area contributed by atoms with Crippen molar-refractivity contribution in [1.29, 1.82) is 0 Å². The van der Waals surface area contributed by atoms with Crippen LogP contribution in [-0.4, -0.2) is 28.6 Å². The second kappa shape index (κ2) is 9.41. The summed E-state index contributed by atoms with van der Waals surface area (Å²) in [6, 6.07) is 22.1. The van der Waals surface area contributed by atoms with Crippen molar-refractivity contribution >= 4 is 16.8 Å². The van der Waals surface area contributed by atoms with Crippen LogP contribution in [0.1, 0.15) is 46.8 Å². The third-order valence-electron chi connectivity index (χ3n) is 6.07. The highest BCUT2D eigenvalue weighted by Crippen LogP contribution is 2.26. The molecule has 4 heteroatoms. The molecule has 32 heavy (non-hydrogen) atoms. The lowest BCUT2D eigenvalue weighted by Crippen LogP contribution is -2.39. The molecule has 4 rings (SSSR count). The average molecular weight is 427 g/mol. The van der Waals surface area contributed by atoms with Crippen molar-refractivity contribution in [2.24, 2.45) is 0 Å². The summed E-state index contributed by atoms with van der Waals surface area (Å²) in [6.45, 7) is 6.17. The van der Waals surface area contributed by atoms with Gasteiger partial charge in [0.2, 0.25) is 0 Å². The molecule has 4 nitrogen and oxygen atoms in total. The number of aliphatic hydroxyl groups is 1. The first-order valence-electron chi connectivity index (χ1n) is 11.1. The molecule has 0 aliphatic carbocycles. The summed E-state index contributed by atoms with van der Waals surface area (Å²) < 4.78 is 0. The van der Waals surface area contributed by atoms with Gasteiger partial charge in [0.15, 0.2) is 0 Å². The normalized spacial score (nSPS) is 12.3. The Morgan fingerprint density at radius 2 is 1.78 bits per heavy atom. The number of carbonyl (C=O) groups excluding carboxylic acids is 1. The van der Waals surface area contributed by atoms with Crippen LogP contribution in [0.4, 0.5) is 0 Å². The van der Waals surface area contributed by atoms with Gasteiger partial charge in [-0.3, -0.25) is 4.79 Å². The molecule has 3 N–H and O–H groups in total. The summed E-state index contributed by atoms with van der Waals surface area (Å²) in [5.41, 5.74) is 7.06. The van der Waals surface area contributed by atoms with Crippen LogP contribution in [0, 0.1) is 6.92 Å². The molecule has 0 bridgehead atoms. The third-order valence-corrected chi connectivity index (χ3v) is 6.07. The Kier molecular flexibility index (Phi) is 6.42. The Morgan fingerprint density at radius 1 is 1.00 bits per heavy atom. The highest BCUT2D eigenvalue weighted by molar-refractivity contribution is 5.97. The summed E-state index contributed by atoms with van der Waals surface area (Å²) in [5.74, 6) is 0.279. The molecule has 0 unspecified atom stereocenters. The van der Waals surface area contributed by atoms with Gasteiger partial charge in [0.25, 0.3) is 5.91 Å². The average Bonchev–Trinajstić information content (AvgIpc) is 3.21. The highest BCUT2D eigenvalue weighted by atomic mass is 16.3. The molecule has 0 radical (unpaired) electrons. The first-order chi connectivity index (χ1) is 15.5. The van der Waals surface area contributed by atoms with E-state index in [9.17, 15) is 9.90 Å². The zero-order valence-corrected chi connectivity index (χ0v) is 18.9. The van der Waals surface area contributed by atoms with Gasteiger partial charge in [-0.1, -0.05) is 68.4 Å². The predicted molar refractivity (Wildman–Crippen MR) is 131 cm³/mol. The topological polar surface area (TPSA) is 65.1 Å². The van der Waals surface area contributed by atoms with Crippen molar-refractivity contribution in [3.63, 3.8) is 0 Å². The second-order valence-corrected chi connectivity index (χ2v) is 8.73. The lowest BCUT2D eigenvalue weighted by atomic mass is 9.95. The number of aliphatic hydroxyl groups excluding tert-OH is 1. The van der Waals surface area contributed by atoms with Crippen molar-refractivity contribution in [1.82, 2.24) is 10.3 Å². The van der Waals surface area contributed by atoms with Gasteiger partial charge in [-0.15, -0.1) is 0 Å². The van der Waals surface area contributed by atoms with E-state index in [-0.39, 0.29) is 18.6 Å². The minimum Gasteiger partial charge on any atom is -0.394 e. The lowest BCUT2D eigenvalue weighted by molar-refractivity contribution is 0.0916. The van der Waals surface area contributed by atoms with Gasteiger partial charge >= 0.3 is 0 Å². The zero-order chi connectivity index (χ0) is 22.7. The van der Waals surface area contributed by atoms with Gasteiger partial charge < -0.3 is 15.4 Å². The SMILES string of the molecule is Cc1ccc(-c2cccc(C(C)C)c2)cc1C(=O)N[C@@H](CO)Cc1c[nH]c2ccccc12. The van der Waals surface area contributed by atoms with Crippen molar-refractivity contribution < 1.29 is 9.90 Å². The molecular formula is C28H30N2O2. The number of aryl methyl sites for hydroxylation is 1. The smallest absolute Gasteiger partial charge is 0.251 e. The number of rotatable bonds is 7. The van der Waals surface area contributed by atoms with E-state index in [0.717, 1.165) is 33.2 Å². The van der Waals surface area contributed by atoms with E-state index >= 15 is 0 Å². The zero-order valence-electron chi connectivity index (χ0n) is 18.9. The molecule has 1 heterocycles. The molecule has 3 aromatic carbocycles. The van der Waals surface area contributed by atoms with Crippen LogP contribution in [-0.2, 0) is 6.42 Å². The van der Waals surface area contributed by atoms with Crippen LogP contribution in [0.2, 0.25) is 0 Å². The molecule has 1 amide bonds. The van der Waals surface area contributed by atoms with Crippen LogP contribution < -0.4 is 5.32 Å². The van der Waals surface area contributed by atoms with Gasteiger partial charge in [0, 0.05) is 22.7 Å². The molecule has 164 valence electrons. The fraction of sp³-hybridized carbons (Fsp3) is 0.250. The van der Waals surface area contributed by atoms with Gasteiger partial charge in [0.1, 0.15) is 0 Å². The van der Waals surface area contributed by atoms with E-state index in [1.807, 2.05) is 43.5 Å². The molecule has 1 atom stereocenters. The molecule has 0 spiro atoms. The molecule has 0 fully saturated rings. The number of H-pyrrole nitrogens is 1.